The van der Waals surface area contributed by atoms with Crippen LogP contribution in [0.1, 0.15) is 19.8 Å². The maximum absolute atomic E-state index is 11.8. The highest BCUT2D eigenvalue weighted by atomic mass is 16.5. The first-order chi connectivity index (χ1) is 7.81. The third-order valence-corrected chi connectivity index (χ3v) is 2.75. The van der Waals surface area contributed by atoms with Gasteiger partial charge in [-0.3, -0.25) is 4.79 Å². The summed E-state index contributed by atoms with van der Waals surface area (Å²) in [5, 5.41) is 3.24. The maximum Gasteiger partial charge on any atom is 0.313 e. The van der Waals surface area contributed by atoms with Gasteiger partial charge in [0, 0.05) is 25.5 Å². The van der Waals surface area contributed by atoms with Crippen LogP contribution in [0.25, 0.3) is 0 Å². The third-order valence-electron chi connectivity index (χ3n) is 2.75. The van der Waals surface area contributed by atoms with E-state index in [1.165, 1.54) is 0 Å². The second-order valence-corrected chi connectivity index (χ2v) is 3.91. The monoisotopic (exact) mass is 223 g/mol. The minimum atomic E-state index is -0.143. The first kappa shape index (κ1) is 11.1. The maximum atomic E-state index is 11.8. The van der Waals surface area contributed by atoms with Crippen molar-refractivity contribution in [2.75, 3.05) is 13.1 Å². The summed E-state index contributed by atoms with van der Waals surface area (Å²) in [7, 11) is 0. The minimum absolute atomic E-state index is 0.0710. The van der Waals surface area contributed by atoms with E-state index in [2.05, 4.69) is 10.3 Å². The molecule has 0 saturated carbocycles. The Morgan fingerprint density at radius 2 is 2.56 bits per heavy atom. The Morgan fingerprint density at radius 1 is 1.69 bits per heavy atom. The fraction of sp³-hybridized carbons (Fsp3) is 0.636. The van der Waals surface area contributed by atoms with E-state index >= 15 is 0 Å². The summed E-state index contributed by atoms with van der Waals surface area (Å²) in [4.78, 5) is 15.8. The topological polar surface area (TPSA) is 56.1 Å². The van der Waals surface area contributed by atoms with Gasteiger partial charge in [0.15, 0.2) is 0 Å². The lowest BCUT2D eigenvalue weighted by molar-refractivity contribution is 0.157. The number of hydrogen-bond donors (Lipinski definition) is 1. The lowest BCUT2D eigenvalue weighted by atomic mass is 10.1. The van der Waals surface area contributed by atoms with Gasteiger partial charge in [-0.1, -0.05) is 0 Å². The molecule has 0 bridgehead atoms. The molecule has 5 nitrogen and oxygen atoms in total. The number of nitrogens with zero attached hydrogens (tertiary/aromatic N) is 2. The molecule has 2 rings (SSSR count). The van der Waals surface area contributed by atoms with Crippen LogP contribution in [0.2, 0.25) is 0 Å². The molecule has 0 unspecified atom stereocenters. The zero-order valence-electron chi connectivity index (χ0n) is 9.48. The van der Waals surface area contributed by atoms with E-state index in [0.29, 0.717) is 6.54 Å². The second-order valence-electron chi connectivity index (χ2n) is 3.91. The molecule has 1 atom stereocenters. The number of aromatic nitrogens is 2. The molecule has 0 aromatic carbocycles. The first-order valence-corrected chi connectivity index (χ1v) is 5.74. The molecule has 1 aromatic rings. The molecular weight excluding hydrogens is 206 g/mol. The molecule has 0 spiro atoms. The lowest BCUT2D eigenvalue weighted by Crippen LogP contribution is -2.38. The van der Waals surface area contributed by atoms with Crippen LogP contribution in [0.4, 0.5) is 0 Å². The predicted molar refractivity (Wildman–Crippen MR) is 60.7 cm³/mol. The third kappa shape index (κ3) is 2.41. The normalized spacial score (nSPS) is 20.7. The van der Waals surface area contributed by atoms with Gasteiger partial charge in [0.1, 0.15) is 6.10 Å². The van der Waals surface area contributed by atoms with Crippen molar-refractivity contribution in [2.45, 2.75) is 32.4 Å². The molecule has 16 heavy (non-hydrogen) atoms. The standard InChI is InChI=1S/C11H17N3O2/c1-2-14-7-6-13-10(11(14)15)16-9-4-3-5-12-8-9/h6-7,9,12H,2-5,8H2,1H3/t9-/m0/s1. The van der Waals surface area contributed by atoms with Crippen molar-refractivity contribution in [3.8, 4) is 5.88 Å². The number of piperidine rings is 1. The molecule has 0 amide bonds. The Labute approximate surface area is 94.5 Å². The van der Waals surface area contributed by atoms with E-state index in [9.17, 15) is 4.79 Å². The van der Waals surface area contributed by atoms with Crippen LogP contribution < -0.4 is 15.6 Å². The van der Waals surface area contributed by atoms with E-state index in [1.54, 1.807) is 17.0 Å². The summed E-state index contributed by atoms with van der Waals surface area (Å²) in [5.74, 6) is 0.220. The molecule has 1 aliphatic rings. The molecule has 1 fully saturated rings. The minimum Gasteiger partial charge on any atom is -0.469 e. The van der Waals surface area contributed by atoms with Crippen molar-refractivity contribution in [1.82, 2.24) is 14.9 Å². The molecular formula is C11H17N3O2. The highest BCUT2D eigenvalue weighted by Gasteiger charge is 2.16. The Morgan fingerprint density at radius 3 is 3.25 bits per heavy atom. The van der Waals surface area contributed by atoms with Crippen molar-refractivity contribution in [3.63, 3.8) is 0 Å². The molecule has 1 N–H and O–H groups in total. The highest BCUT2D eigenvalue weighted by Crippen LogP contribution is 2.08. The second kappa shape index (κ2) is 5.12. The van der Waals surface area contributed by atoms with Gasteiger partial charge in [0.2, 0.25) is 0 Å². The zero-order chi connectivity index (χ0) is 11.4. The van der Waals surface area contributed by atoms with Crippen molar-refractivity contribution in [1.29, 1.82) is 0 Å². The van der Waals surface area contributed by atoms with Gasteiger partial charge < -0.3 is 14.6 Å². The van der Waals surface area contributed by atoms with Crippen molar-refractivity contribution in [2.24, 2.45) is 0 Å². The molecule has 0 aliphatic carbocycles. The number of hydrogen-bond acceptors (Lipinski definition) is 4. The van der Waals surface area contributed by atoms with Gasteiger partial charge in [0.25, 0.3) is 5.88 Å². The Kier molecular flexibility index (Phi) is 3.56. The van der Waals surface area contributed by atoms with E-state index in [4.69, 9.17) is 4.74 Å². The van der Waals surface area contributed by atoms with Gasteiger partial charge in [-0.15, -0.1) is 0 Å². The molecule has 2 heterocycles. The van der Waals surface area contributed by atoms with Gasteiger partial charge in [-0.2, -0.15) is 0 Å². The van der Waals surface area contributed by atoms with Gasteiger partial charge in [0.05, 0.1) is 0 Å². The van der Waals surface area contributed by atoms with Crippen molar-refractivity contribution in [3.05, 3.63) is 22.7 Å². The van der Waals surface area contributed by atoms with Gasteiger partial charge in [-0.05, 0) is 26.3 Å². The Hall–Kier alpha value is -1.36. The van der Waals surface area contributed by atoms with Crippen LogP contribution in [-0.2, 0) is 6.54 Å². The molecule has 0 radical (unpaired) electrons. The number of nitrogens with one attached hydrogen (secondary N) is 1. The average molecular weight is 223 g/mol. The molecule has 1 saturated heterocycles. The van der Waals surface area contributed by atoms with Crippen LogP contribution in [0.3, 0.4) is 0 Å². The largest absolute Gasteiger partial charge is 0.469 e. The fourth-order valence-corrected chi connectivity index (χ4v) is 1.84. The highest BCUT2D eigenvalue weighted by molar-refractivity contribution is 5.05. The summed E-state index contributed by atoms with van der Waals surface area (Å²) in [5.41, 5.74) is -0.143. The van der Waals surface area contributed by atoms with Gasteiger partial charge in [-0.25, -0.2) is 4.98 Å². The molecule has 5 heteroatoms. The summed E-state index contributed by atoms with van der Waals surface area (Å²) < 4.78 is 7.22. The summed E-state index contributed by atoms with van der Waals surface area (Å²) in [6.07, 6.45) is 5.42. The van der Waals surface area contributed by atoms with Crippen LogP contribution in [-0.4, -0.2) is 28.7 Å². The lowest BCUT2D eigenvalue weighted by Gasteiger charge is -2.23. The quantitative estimate of drug-likeness (QED) is 0.805. The molecule has 1 aromatic heterocycles. The SMILES string of the molecule is CCn1ccnc(O[C@H]2CCCNC2)c1=O. The van der Waals surface area contributed by atoms with E-state index in [-0.39, 0.29) is 17.5 Å². The van der Waals surface area contributed by atoms with E-state index < -0.39 is 0 Å². The van der Waals surface area contributed by atoms with Crippen LogP contribution >= 0.6 is 0 Å². The van der Waals surface area contributed by atoms with Gasteiger partial charge >= 0.3 is 5.56 Å². The van der Waals surface area contributed by atoms with Crippen molar-refractivity contribution >= 4 is 0 Å². The van der Waals surface area contributed by atoms with E-state index in [0.717, 1.165) is 25.9 Å². The fourth-order valence-electron chi connectivity index (χ4n) is 1.84. The summed E-state index contributed by atoms with van der Waals surface area (Å²) in [6.45, 7) is 4.39. The summed E-state index contributed by atoms with van der Waals surface area (Å²) >= 11 is 0. The smallest absolute Gasteiger partial charge is 0.313 e. The van der Waals surface area contributed by atoms with Crippen LogP contribution in [0.15, 0.2) is 17.2 Å². The first-order valence-electron chi connectivity index (χ1n) is 5.74. The predicted octanol–water partition coefficient (Wildman–Crippen LogP) is 0.394. The van der Waals surface area contributed by atoms with E-state index in [1.807, 2.05) is 6.92 Å². The zero-order valence-corrected chi connectivity index (χ0v) is 9.48. The number of rotatable bonds is 3. The van der Waals surface area contributed by atoms with Crippen LogP contribution in [0.5, 0.6) is 5.88 Å². The van der Waals surface area contributed by atoms with Crippen molar-refractivity contribution < 1.29 is 4.74 Å². The van der Waals surface area contributed by atoms with Crippen LogP contribution in [0, 0.1) is 0 Å². The number of ether oxygens (including phenoxy) is 1. The Balaban J connectivity index is 2.11. The average Bonchev–Trinajstić information content (AvgIpc) is 2.33. The molecule has 88 valence electrons. The molecule has 1 aliphatic heterocycles. The summed E-state index contributed by atoms with van der Waals surface area (Å²) in [6, 6.07) is 0. The number of aryl methyl sites for hydroxylation is 1. The Bertz CT molecular complexity index is 396.